The second-order valence-electron chi connectivity index (χ2n) is 3.86. The van der Waals surface area contributed by atoms with Crippen molar-refractivity contribution in [3.05, 3.63) is 34.3 Å². The van der Waals surface area contributed by atoms with Gasteiger partial charge in [0.2, 0.25) is 0 Å². The molecule has 2 N–H and O–H groups in total. The van der Waals surface area contributed by atoms with Gasteiger partial charge in [0, 0.05) is 6.42 Å². The summed E-state index contributed by atoms with van der Waals surface area (Å²) < 4.78 is 8.00. The lowest BCUT2D eigenvalue weighted by Gasteiger charge is -2.12. The average molecular weight is 284 g/mol. The van der Waals surface area contributed by atoms with E-state index in [0.717, 1.165) is 22.3 Å². The monoisotopic (exact) mass is 283 g/mol. The third kappa shape index (κ3) is 2.00. The molecule has 5 heteroatoms. The number of nitrogens with two attached hydrogens (primary N) is 1. The molecule has 0 aromatic carbocycles. The van der Waals surface area contributed by atoms with Crippen molar-refractivity contribution < 1.29 is 4.42 Å². The van der Waals surface area contributed by atoms with Crippen molar-refractivity contribution in [3.63, 3.8) is 0 Å². The molecule has 2 heterocycles. The van der Waals surface area contributed by atoms with E-state index in [1.807, 2.05) is 23.7 Å². The summed E-state index contributed by atoms with van der Waals surface area (Å²) in [6.45, 7) is 3.99. The molecule has 0 radical (unpaired) electrons. The molecule has 0 bridgehead atoms. The molecule has 0 amide bonds. The Labute approximate surface area is 103 Å². The summed E-state index contributed by atoms with van der Waals surface area (Å²) in [4.78, 5) is 0. The van der Waals surface area contributed by atoms with Crippen LogP contribution in [0.15, 0.2) is 27.3 Å². The first kappa shape index (κ1) is 11.3. The number of nitrogen functional groups attached to an aromatic ring is 1. The Morgan fingerprint density at radius 1 is 1.62 bits per heavy atom. The van der Waals surface area contributed by atoms with Crippen LogP contribution in [0.5, 0.6) is 0 Å². The van der Waals surface area contributed by atoms with Crippen molar-refractivity contribution in [1.82, 2.24) is 9.78 Å². The maximum Gasteiger partial charge on any atom is 0.136 e. The highest BCUT2D eigenvalue weighted by Gasteiger charge is 2.15. The van der Waals surface area contributed by atoms with E-state index < -0.39 is 0 Å². The summed E-state index contributed by atoms with van der Waals surface area (Å²) in [7, 11) is 0. The lowest BCUT2D eigenvalue weighted by Crippen LogP contribution is -2.12. The van der Waals surface area contributed by atoms with E-state index in [2.05, 4.69) is 28.0 Å². The molecule has 0 aliphatic rings. The largest absolute Gasteiger partial charge is 0.469 e. The number of aromatic nitrogens is 2. The maximum atomic E-state index is 5.96. The van der Waals surface area contributed by atoms with Gasteiger partial charge in [0.15, 0.2) is 0 Å². The molecule has 1 atom stereocenters. The Morgan fingerprint density at radius 3 is 2.88 bits per heavy atom. The second kappa shape index (κ2) is 4.33. The van der Waals surface area contributed by atoms with Crippen LogP contribution in [-0.2, 0) is 6.42 Å². The zero-order chi connectivity index (χ0) is 11.7. The van der Waals surface area contributed by atoms with E-state index in [1.165, 1.54) is 0 Å². The Balaban J connectivity index is 2.21. The van der Waals surface area contributed by atoms with Gasteiger partial charge in [-0.3, -0.25) is 0 Å². The van der Waals surface area contributed by atoms with Crippen molar-refractivity contribution in [2.24, 2.45) is 0 Å². The minimum absolute atomic E-state index is 0.177. The van der Waals surface area contributed by atoms with Crippen LogP contribution in [0.1, 0.15) is 24.4 Å². The smallest absolute Gasteiger partial charge is 0.136 e. The second-order valence-corrected chi connectivity index (χ2v) is 4.65. The number of anilines is 1. The van der Waals surface area contributed by atoms with Crippen LogP contribution in [-0.4, -0.2) is 9.78 Å². The first-order valence-electron chi connectivity index (χ1n) is 5.12. The topological polar surface area (TPSA) is 57.0 Å². The average Bonchev–Trinajstić information content (AvgIpc) is 2.83. The van der Waals surface area contributed by atoms with Crippen LogP contribution in [0, 0.1) is 6.92 Å². The molecule has 2 aromatic heterocycles. The minimum atomic E-state index is 0.177. The molecule has 0 spiro atoms. The summed E-state index contributed by atoms with van der Waals surface area (Å²) in [5.41, 5.74) is 6.86. The third-order valence-corrected chi connectivity index (χ3v) is 3.52. The highest BCUT2D eigenvalue weighted by Crippen LogP contribution is 2.27. The number of nitrogens with zero attached hydrogens (tertiary/aromatic N) is 2. The molecular formula is C11H14BrN3O. The standard InChI is InChI=1S/C11H14BrN3O/c1-7(6-9-4-3-5-16-9)15-11(13)10(12)8(2)14-15/h3-5,7H,6,13H2,1-2H3. The molecule has 86 valence electrons. The Morgan fingerprint density at radius 2 is 2.38 bits per heavy atom. The molecule has 0 saturated heterocycles. The number of halogens is 1. The molecule has 0 aliphatic heterocycles. The van der Waals surface area contributed by atoms with Gasteiger partial charge in [-0.1, -0.05) is 0 Å². The summed E-state index contributed by atoms with van der Waals surface area (Å²) in [5.74, 6) is 1.60. The third-order valence-electron chi connectivity index (χ3n) is 2.54. The van der Waals surface area contributed by atoms with E-state index in [9.17, 15) is 0 Å². The molecule has 16 heavy (non-hydrogen) atoms. The predicted octanol–water partition coefficient (Wildman–Crippen LogP) is 2.93. The van der Waals surface area contributed by atoms with Gasteiger partial charge in [0.05, 0.1) is 22.5 Å². The van der Waals surface area contributed by atoms with Crippen LogP contribution >= 0.6 is 15.9 Å². The fourth-order valence-electron chi connectivity index (χ4n) is 1.69. The molecular weight excluding hydrogens is 270 g/mol. The summed E-state index contributed by atoms with van der Waals surface area (Å²) in [5, 5.41) is 4.39. The fourth-order valence-corrected chi connectivity index (χ4v) is 1.95. The molecule has 2 aromatic rings. The van der Waals surface area contributed by atoms with Crippen molar-refractivity contribution >= 4 is 21.7 Å². The Kier molecular flexibility index (Phi) is 3.05. The van der Waals surface area contributed by atoms with Crippen LogP contribution in [0.2, 0.25) is 0 Å². The van der Waals surface area contributed by atoms with Gasteiger partial charge < -0.3 is 10.2 Å². The van der Waals surface area contributed by atoms with E-state index in [1.54, 1.807) is 6.26 Å². The highest BCUT2D eigenvalue weighted by molar-refractivity contribution is 9.10. The normalized spacial score (nSPS) is 12.9. The van der Waals surface area contributed by atoms with E-state index in [-0.39, 0.29) is 6.04 Å². The van der Waals surface area contributed by atoms with Gasteiger partial charge in [-0.25, -0.2) is 4.68 Å². The fraction of sp³-hybridized carbons (Fsp3) is 0.364. The summed E-state index contributed by atoms with van der Waals surface area (Å²) in [6.07, 6.45) is 2.46. The van der Waals surface area contributed by atoms with Crippen molar-refractivity contribution in [2.75, 3.05) is 5.73 Å². The van der Waals surface area contributed by atoms with Crippen molar-refractivity contribution in [1.29, 1.82) is 0 Å². The van der Waals surface area contributed by atoms with Crippen LogP contribution in [0.3, 0.4) is 0 Å². The van der Waals surface area contributed by atoms with Gasteiger partial charge in [0.1, 0.15) is 11.6 Å². The number of hydrogen-bond donors (Lipinski definition) is 1. The first-order chi connectivity index (χ1) is 7.59. The molecule has 0 saturated carbocycles. The number of aryl methyl sites for hydroxylation is 1. The van der Waals surface area contributed by atoms with E-state index >= 15 is 0 Å². The SMILES string of the molecule is Cc1nn(C(C)Cc2ccco2)c(N)c1Br. The highest BCUT2D eigenvalue weighted by atomic mass is 79.9. The zero-order valence-corrected chi connectivity index (χ0v) is 10.9. The van der Waals surface area contributed by atoms with Gasteiger partial charge >= 0.3 is 0 Å². The minimum Gasteiger partial charge on any atom is -0.469 e. The van der Waals surface area contributed by atoms with Crippen molar-refractivity contribution in [3.8, 4) is 0 Å². The number of furan rings is 1. The Hall–Kier alpha value is -1.23. The van der Waals surface area contributed by atoms with Crippen LogP contribution < -0.4 is 5.73 Å². The van der Waals surface area contributed by atoms with Crippen LogP contribution in [0.4, 0.5) is 5.82 Å². The molecule has 0 fully saturated rings. The van der Waals surface area contributed by atoms with E-state index in [0.29, 0.717) is 5.82 Å². The van der Waals surface area contributed by atoms with E-state index in [4.69, 9.17) is 10.2 Å². The van der Waals surface area contributed by atoms with Gasteiger partial charge in [0.25, 0.3) is 0 Å². The Bertz CT molecular complexity index is 476. The molecule has 1 unspecified atom stereocenters. The van der Waals surface area contributed by atoms with Gasteiger partial charge in [-0.2, -0.15) is 5.10 Å². The molecule has 4 nitrogen and oxygen atoms in total. The maximum absolute atomic E-state index is 5.96. The quantitative estimate of drug-likeness (QED) is 0.942. The molecule has 0 aliphatic carbocycles. The zero-order valence-electron chi connectivity index (χ0n) is 9.27. The number of hydrogen-bond acceptors (Lipinski definition) is 3. The summed E-state index contributed by atoms with van der Waals surface area (Å²) >= 11 is 3.41. The lowest BCUT2D eigenvalue weighted by molar-refractivity contribution is 0.428. The number of rotatable bonds is 3. The lowest BCUT2D eigenvalue weighted by atomic mass is 10.2. The summed E-state index contributed by atoms with van der Waals surface area (Å²) in [6, 6.07) is 4.02. The van der Waals surface area contributed by atoms with Crippen LogP contribution in [0.25, 0.3) is 0 Å². The first-order valence-corrected chi connectivity index (χ1v) is 5.91. The predicted molar refractivity (Wildman–Crippen MR) is 66.2 cm³/mol. The van der Waals surface area contributed by atoms with Gasteiger partial charge in [-0.15, -0.1) is 0 Å². The van der Waals surface area contributed by atoms with Gasteiger partial charge in [-0.05, 0) is 41.9 Å². The molecule has 2 rings (SSSR count). The van der Waals surface area contributed by atoms with Crippen molar-refractivity contribution in [2.45, 2.75) is 26.3 Å².